The van der Waals surface area contributed by atoms with Gasteiger partial charge in [-0.05, 0) is 0 Å². The molecule has 0 rings (SSSR count). The molecule has 0 radical (unpaired) electrons. The zero-order valence-corrected chi connectivity index (χ0v) is 9.84. The van der Waals surface area contributed by atoms with Crippen LogP contribution in [0.5, 0.6) is 0 Å². The maximum atomic E-state index is 8.68. The van der Waals surface area contributed by atoms with Crippen LogP contribution in [0.25, 0.3) is 0 Å². The summed E-state index contributed by atoms with van der Waals surface area (Å²) in [6.45, 7) is 1.32. The first kappa shape index (κ1) is 23.7. The van der Waals surface area contributed by atoms with Crippen molar-refractivity contribution in [2.75, 3.05) is 0 Å². The van der Waals surface area contributed by atoms with Gasteiger partial charge < -0.3 is 4.79 Å². The van der Waals surface area contributed by atoms with Crippen LogP contribution in [-0.4, -0.2) is 11.6 Å². The minimum atomic E-state index is 0. The van der Waals surface area contributed by atoms with E-state index >= 15 is 0 Å². The Morgan fingerprint density at radius 3 is 1.67 bits per heavy atom. The van der Waals surface area contributed by atoms with Gasteiger partial charge in [-0.1, -0.05) is 4.53 Å². The number of hydrogen-bond donors (Lipinski definition) is 1. The molecule has 0 aliphatic rings. The molecule has 0 aliphatic carbocycles. The van der Waals surface area contributed by atoms with Crippen LogP contribution in [-0.2, 0) is 4.79 Å². The van der Waals surface area contributed by atoms with Gasteiger partial charge in [-0.3, -0.25) is 6.29 Å². The van der Waals surface area contributed by atoms with Crippen LogP contribution in [0.4, 0.5) is 4.53 Å². The van der Waals surface area contributed by atoms with Crippen molar-refractivity contribution < 1.29 is 14.6 Å². The van der Waals surface area contributed by atoms with Gasteiger partial charge in [0.05, 0.1) is 0 Å². The summed E-state index contributed by atoms with van der Waals surface area (Å²) in [6, 6.07) is 0. The molecule has 0 aromatic heterocycles. The third kappa shape index (κ3) is 3.00. The molecule has 0 aliphatic heterocycles. The van der Waals surface area contributed by atoms with Gasteiger partial charge in [0.15, 0.2) is 0 Å². The number of hydrogen-bond acceptors (Lipinski definition) is 2. The van der Waals surface area contributed by atoms with Crippen LogP contribution < -0.4 is 0 Å². The number of rotatable bonds is 0. The largest absolute Gasteiger partial charge is 0.542 e. The molecule has 0 saturated carbocycles. The quantitative estimate of drug-likeness (QED) is 0.626. The summed E-state index contributed by atoms with van der Waals surface area (Å²) in [5, 5.41) is 5.50. The van der Waals surface area contributed by atoms with Gasteiger partial charge in [-0.25, -0.2) is 5.31 Å². The molecule has 34 valence electrons. The Bertz CT molecular complexity index is 19.0. The molecule has 0 atom stereocenters. The Morgan fingerprint density at radius 1 is 1.67 bits per heavy atom. The molecule has 0 bridgehead atoms. The van der Waals surface area contributed by atoms with Crippen molar-refractivity contribution in [3.8, 4) is 0 Å². The fourth-order valence-corrected chi connectivity index (χ4v) is 0. The van der Waals surface area contributed by atoms with Crippen LogP contribution in [0.3, 0.4) is 0 Å². The van der Waals surface area contributed by atoms with Crippen molar-refractivity contribution in [3.63, 3.8) is 0 Å². The Balaban J connectivity index is -0.0000000275. The molecule has 0 amide bonds. The summed E-state index contributed by atoms with van der Waals surface area (Å²) in [5.41, 5.74) is 0. The molecule has 0 spiro atoms. The molecule has 0 saturated heterocycles. The van der Waals surface area contributed by atoms with E-state index in [0.717, 1.165) is 0 Å². The second-order valence-corrected chi connectivity index (χ2v) is 0.204. The normalized spacial score (nSPS) is 3.17. The van der Waals surface area contributed by atoms with Crippen molar-refractivity contribution in [3.05, 3.63) is 0 Å². The molecule has 6 heavy (non-hydrogen) atoms. The molecular formula is C2H4FO2Rf-. The average molecular weight is 346 g/mol. The predicted octanol–water partition coefficient (Wildman–Crippen LogP) is -0.0208. The Labute approximate surface area is 29.1 Å². The molecule has 0 aromatic carbocycles. The van der Waals surface area contributed by atoms with Crippen LogP contribution in [0, 0.1) is 0 Å². The monoisotopic (exact) mass is 346 g/mol. The molecular weight excluding hydrogens is 342 g/mol. The zero-order chi connectivity index (χ0) is 4.71. The average Bonchev–Trinajstić information content (AvgIpc) is 1.46. The first-order valence-corrected chi connectivity index (χ1v) is 0.873. The summed E-state index contributed by atoms with van der Waals surface area (Å²) >= 11 is 0. The van der Waals surface area contributed by atoms with Gasteiger partial charge in [0, 0.05) is 0 Å². The minimum absolute atomic E-state index is 0. The van der Waals surface area contributed by atoms with Crippen LogP contribution in [0.1, 0.15) is 6.92 Å². The van der Waals surface area contributed by atoms with E-state index in [2.05, 4.69) is 0 Å². The topological polar surface area (TPSA) is 37.3 Å². The fraction of sp³-hybridized carbons (Fsp3) is 0.500. The summed E-state index contributed by atoms with van der Waals surface area (Å²) in [6.07, 6.45) is 1.50. The maximum absolute atomic E-state index is 8.68. The van der Waals surface area contributed by atoms with E-state index in [1.807, 2.05) is 0 Å². The van der Waals surface area contributed by atoms with E-state index in [0.29, 0.717) is 0 Å². The van der Waals surface area contributed by atoms with E-state index in [4.69, 9.17) is 14.6 Å². The van der Waals surface area contributed by atoms with Gasteiger partial charge in [-0.15, -0.1) is 0 Å². The van der Waals surface area contributed by atoms with Gasteiger partial charge in [-0.2, -0.15) is 6.92 Å². The first-order chi connectivity index (χ1) is 2.41. The van der Waals surface area contributed by atoms with Crippen molar-refractivity contribution in [2.24, 2.45) is 0 Å². The van der Waals surface area contributed by atoms with Crippen molar-refractivity contribution >= 4 is 6.29 Å². The van der Waals surface area contributed by atoms with E-state index in [9.17, 15) is 0 Å². The summed E-state index contributed by atoms with van der Waals surface area (Å²) in [5.74, 6) is 0. The van der Waals surface area contributed by atoms with Crippen molar-refractivity contribution in [2.45, 2.75) is 6.92 Å². The van der Waals surface area contributed by atoms with Gasteiger partial charge in [0.25, 0.3) is 0 Å². The standard InChI is InChI=1S/C2H3O.FHO.Rf/c1-2-3;1-2;/h1H3;2H;/q-1;;. The van der Waals surface area contributed by atoms with E-state index in [-0.39, 0.29) is 0 Å². The van der Waals surface area contributed by atoms with Crippen LogP contribution in [0.2, 0.25) is 0 Å². The maximum Gasteiger partial charge on any atom is 0 e. The summed E-state index contributed by atoms with van der Waals surface area (Å²) in [7, 11) is 0. The van der Waals surface area contributed by atoms with Gasteiger partial charge >= 0.3 is 0 Å². The smallest absolute Gasteiger partial charge is 0 e. The van der Waals surface area contributed by atoms with Gasteiger partial charge in [0.1, 0.15) is 0 Å². The molecule has 0 fully saturated rings. The van der Waals surface area contributed by atoms with Gasteiger partial charge in [0.2, 0.25) is 0 Å². The molecule has 0 aromatic rings. The predicted molar refractivity (Wildman–Crippen MR) is 14.7 cm³/mol. The summed E-state index contributed by atoms with van der Waals surface area (Å²) in [4.78, 5) is 8.68. The SMILES string of the molecule is C[C-]=O.OF.[Rf]. The van der Waals surface area contributed by atoms with E-state index in [1.165, 1.54) is 13.2 Å². The molecule has 0 heterocycles. The Kier molecular flexibility index (Phi) is 477. The first-order valence-electron chi connectivity index (χ1n) is 0.873. The van der Waals surface area contributed by atoms with Crippen LogP contribution >= 0.6 is 0 Å². The molecule has 2 nitrogen and oxygen atoms in total. The third-order valence-corrected chi connectivity index (χ3v) is 0. The molecule has 4 heteroatoms. The Hall–Kier alpha value is -1.44. The zero-order valence-electron chi connectivity index (χ0n) is 3.44. The van der Waals surface area contributed by atoms with Crippen molar-refractivity contribution in [1.29, 1.82) is 0 Å². The minimum Gasteiger partial charge on any atom is -0.542 e. The third-order valence-electron chi connectivity index (χ3n) is 0. The van der Waals surface area contributed by atoms with Crippen molar-refractivity contribution in [1.82, 2.24) is 0 Å². The van der Waals surface area contributed by atoms with E-state index in [1.54, 1.807) is 0 Å². The number of carbonyl (C=O) groups excluding carboxylic acids is 1. The second kappa shape index (κ2) is 121. The summed E-state index contributed by atoms with van der Waals surface area (Å²) < 4.78 is 8.50. The Morgan fingerprint density at radius 2 is 1.67 bits per heavy atom. The fourth-order valence-electron chi connectivity index (χ4n) is 0. The van der Waals surface area contributed by atoms with E-state index < -0.39 is 0 Å². The molecule has 0 unspecified atom stereocenters. The molecule has 1 N–H and O–H groups in total. The van der Waals surface area contributed by atoms with Crippen LogP contribution in [0.15, 0.2) is 0 Å². The number of halogens is 1. The second-order valence-electron chi connectivity index (χ2n) is 0.204.